The summed E-state index contributed by atoms with van der Waals surface area (Å²) in [6.07, 6.45) is 1.88. The molecular weight excluding hydrogens is 174 g/mol. The average Bonchev–Trinajstić information content (AvgIpc) is 2.20. The second-order valence-corrected chi connectivity index (χ2v) is 3.91. The number of hydrogen-bond acceptors (Lipinski definition) is 3. The first kappa shape index (κ1) is 9.62. The van der Waals surface area contributed by atoms with Gasteiger partial charge in [-0.15, -0.1) is 0 Å². The van der Waals surface area contributed by atoms with Crippen LogP contribution in [-0.4, -0.2) is 36.6 Å². The number of aryl methyl sites for hydroxylation is 1. The summed E-state index contributed by atoms with van der Waals surface area (Å²) in [7, 11) is 2.17. The van der Waals surface area contributed by atoms with E-state index in [1.165, 1.54) is 11.3 Å². The number of aromatic nitrogens is 1. The number of piperazine rings is 1. The van der Waals surface area contributed by atoms with E-state index in [4.69, 9.17) is 0 Å². The van der Waals surface area contributed by atoms with Crippen molar-refractivity contribution in [1.82, 2.24) is 15.2 Å². The molecule has 3 nitrogen and oxygen atoms in total. The summed E-state index contributed by atoms with van der Waals surface area (Å²) in [5, 5.41) is 3.41. The molecule has 3 heteroatoms. The van der Waals surface area contributed by atoms with Gasteiger partial charge in [-0.25, -0.2) is 0 Å². The van der Waals surface area contributed by atoms with E-state index < -0.39 is 0 Å². The quantitative estimate of drug-likeness (QED) is 0.717. The number of pyridine rings is 1. The zero-order valence-electron chi connectivity index (χ0n) is 8.83. The molecule has 2 rings (SSSR count). The fourth-order valence-corrected chi connectivity index (χ4v) is 1.96. The second-order valence-electron chi connectivity index (χ2n) is 3.91. The molecule has 0 bridgehead atoms. The third kappa shape index (κ3) is 1.79. The molecule has 1 atom stereocenters. The molecule has 0 spiro atoms. The molecule has 1 aromatic rings. The van der Waals surface area contributed by atoms with Crippen LogP contribution in [0.25, 0.3) is 0 Å². The topological polar surface area (TPSA) is 28.2 Å². The molecule has 76 valence electrons. The Morgan fingerprint density at radius 3 is 3.14 bits per heavy atom. The van der Waals surface area contributed by atoms with E-state index in [2.05, 4.69) is 35.2 Å². The Morgan fingerprint density at radius 1 is 1.57 bits per heavy atom. The Balaban J connectivity index is 2.25. The summed E-state index contributed by atoms with van der Waals surface area (Å²) < 4.78 is 0. The van der Waals surface area contributed by atoms with Crippen molar-refractivity contribution in [2.24, 2.45) is 0 Å². The van der Waals surface area contributed by atoms with Gasteiger partial charge in [0.1, 0.15) is 0 Å². The smallest absolute Gasteiger partial charge is 0.0647 e. The highest BCUT2D eigenvalue weighted by Crippen LogP contribution is 2.20. The predicted octanol–water partition coefficient (Wildman–Crippen LogP) is 0.966. The standard InChI is InChI=1S/C11H17N3/c1-9-4-3-5-13-11(9)10-8-12-6-7-14(10)2/h3-5,10,12H,6-8H2,1-2H3. The minimum absolute atomic E-state index is 0.435. The van der Waals surface area contributed by atoms with Crippen LogP contribution in [0.4, 0.5) is 0 Å². The highest BCUT2D eigenvalue weighted by molar-refractivity contribution is 5.21. The molecule has 0 amide bonds. The lowest BCUT2D eigenvalue weighted by atomic mass is 10.1. The minimum atomic E-state index is 0.435. The van der Waals surface area contributed by atoms with Crippen LogP contribution in [0.15, 0.2) is 18.3 Å². The summed E-state index contributed by atoms with van der Waals surface area (Å²) in [6, 6.07) is 4.56. The van der Waals surface area contributed by atoms with Gasteiger partial charge in [0.15, 0.2) is 0 Å². The maximum Gasteiger partial charge on any atom is 0.0647 e. The van der Waals surface area contributed by atoms with Crippen molar-refractivity contribution in [2.75, 3.05) is 26.7 Å². The first-order valence-corrected chi connectivity index (χ1v) is 5.11. The van der Waals surface area contributed by atoms with Crippen molar-refractivity contribution in [3.8, 4) is 0 Å². The van der Waals surface area contributed by atoms with Crippen molar-refractivity contribution >= 4 is 0 Å². The molecule has 1 aliphatic heterocycles. The van der Waals surface area contributed by atoms with E-state index >= 15 is 0 Å². The van der Waals surface area contributed by atoms with E-state index in [9.17, 15) is 0 Å². The molecule has 0 saturated carbocycles. The van der Waals surface area contributed by atoms with Crippen LogP contribution in [0.1, 0.15) is 17.3 Å². The van der Waals surface area contributed by atoms with Gasteiger partial charge in [0.2, 0.25) is 0 Å². The van der Waals surface area contributed by atoms with Crippen LogP contribution in [0.5, 0.6) is 0 Å². The molecule has 1 saturated heterocycles. The van der Waals surface area contributed by atoms with E-state index in [1.54, 1.807) is 0 Å². The molecule has 0 aromatic carbocycles. The molecule has 1 N–H and O–H groups in total. The third-order valence-corrected chi connectivity index (χ3v) is 2.88. The summed E-state index contributed by atoms with van der Waals surface area (Å²) in [6.45, 7) is 5.32. The number of rotatable bonds is 1. The van der Waals surface area contributed by atoms with Crippen LogP contribution in [-0.2, 0) is 0 Å². The van der Waals surface area contributed by atoms with Gasteiger partial charge in [-0.2, -0.15) is 0 Å². The minimum Gasteiger partial charge on any atom is -0.313 e. The van der Waals surface area contributed by atoms with E-state index in [0.717, 1.165) is 19.6 Å². The lowest BCUT2D eigenvalue weighted by Gasteiger charge is -2.33. The van der Waals surface area contributed by atoms with Crippen LogP contribution in [0.3, 0.4) is 0 Å². The van der Waals surface area contributed by atoms with Gasteiger partial charge in [-0.3, -0.25) is 9.88 Å². The SMILES string of the molecule is Cc1cccnc1C1CNCCN1C. The van der Waals surface area contributed by atoms with Gasteiger partial charge >= 0.3 is 0 Å². The Bertz CT molecular complexity index is 311. The Hall–Kier alpha value is -0.930. The largest absolute Gasteiger partial charge is 0.313 e. The molecular formula is C11H17N3. The van der Waals surface area contributed by atoms with Crippen molar-refractivity contribution in [2.45, 2.75) is 13.0 Å². The third-order valence-electron chi connectivity index (χ3n) is 2.88. The average molecular weight is 191 g/mol. The maximum atomic E-state index is 4.47. The fourth-order valence-electron chi connectivity index (χ4n) is 1.96. The van der Waals surface area contributed by atoms with Crippen LogP contribution >= 0.6 is 0 Å². The number of nitrogens with one attached hydrogen (secondary N) is 1. The molecule has 1 aromatic heterocycles. The highest BCUT2D eigenvalue weighted by Gasteiger charge is 2.22. The zero-order valence-corrected chi connectivity index (χ0v) is 8.83. The molecule has 14 heavy (non-hydrogen) atoms. The van der Waals surface area contributed by atoms with Gasteiger partial charge in [0.05, 0.1) is 11.7 Å². The normalized spacial score (nSPS) is 23.7. The van der Waals surface area contributed by atoms with Gasteiger partial charge < -0.3 is 5.32 Å². The summed E-state index contributed by atoms with van der Waals surface area (Å²) in [5.74, 6) is 0. The number of hydrogen-bond donors (Lipinski definition) is 1. The second kappa shape index (κ2) is 4.07. The van der Waals surface area contributed by atoms with Crippen molar-refractivity contribution in [3.63, 3.8) is 0 Å². The number of nitrogens with zero attached hydrogens (tertiary/aromatic N) is 2. The molecule has 0 aliphatic carbocycles. The maximum absolute atomic E-state index is 4.47. The summed E-state index contributed by atoms with van der Waals surface area (Å²) in [4.78, 5) is 6.84. The monoisotopic (exact) mass is 191 g/mol. The highest BCUT2D eigenvalue weighted by atomic mass is 15.2. The van der Waals surface area contributed by atoms with Gasteiger partial charge in [0.25, 0.3) is 0 Å². The van der Waals surface area contributed by atoms with E-state index in [-0.39, 0.29) is 0 Å². The summed E-state index contributed by atoms with van der Waals surface area (Å²) >= 11 is 0. The molecule has 1 fully saturated rings. The van der Waals surface area contributed by atoms with E-state index in [1.807, 2.05) is 12.3 Å². The van der Waals surface area contributed by atoms with Crippen LogP contribution in [0, 0.1) is 6.92 Å². The van der Waals surface area contributed by atoms with Crippen molar-refractivity contribution < 1.29 is 0 Å². The van der Waals surface area contributed by atoms with Gasteiger partial charge in [-0.05, 0) is 25.6 Å². The van der Waals surface area contributed by atoms with Gasteiger partial charge in [0, 0.05) is 25.8 Å². The number of likely N-dealkylation sites (N-methyl/N-ethyl adjacent to an activating group) is 1. The molecule has 1 unspecified atom stereocenters. The van der Waals surface area contributed by atoms with Crippen molar-refractivity contribution in [1.29, 1.82) is 0 Å². The Labute approximate surface area is 85.1 Å². The Morgan fingerprint density at radius 2 is 2.43 bits per heavy atom. The molecule has 0 radical (unpaired) electrons. The van der Waals surface area contributed by atoms with Crippen LogP contribution < -0.4 is 5.32 Å². The lowest BCUT2D eigenvalue weighted by molar-refractivity contribution is 0.198. The lowest BCUT2D eigenvalue weighted by Crippen LogP contribution is -2.44. The van der Waals surface area contributed by atoms with E-state index in [0.29, 0.717) is 6.04 Å². The van der Waals surface area contributed by atoms with Crippen molar-refractivity contribution in [3.05, 3.63) is 29.6 Å². The van der Waals surface area contributed by atoms with Gasteiger partial charge in [-0.1, -0.05) is 6.07 Å². The van der Waals surface area contributed by atoms with Crippen LogP contribution in [0.2, 0.25) is 0 Å². The first-order chi connectivity index (χ1) is 6.79. The fraction of sp³-hybridized carbons (Fsp3) is 0.545. The zero-order chi connectivity index (χ0) is 9.97. The Kier molecular flexibility index (Phi) is 2.79. The molecule has 2 heterocycles. The predicted molar refractivity (Wildman–Crippen MR) is 57.2 cm³/mol. The summed E-state index contributed by atoms with van der Waals surface area (Å²) in [5.41, 5.74) is 2.50. The first-order valence-electron chi connectivity index (χ1n) is 5.11. The molecule has 1 aliphatic rings.